The van der Waals surface area contributed by atoms with E-state index in [1.807, 2.05) is 50.2 Å². The number of H-pyrrole nitrogens is 1. The number of halogens is 1. The normalized spacial score (nSPS) is 11.9. The smallest absolute Gasteiger partial charge is 0.250 e. The number of aromatic nitrogens is 4. The van der Waals surface area contributed by atoms with Crippen molar-refractivity contribution in [3.8, 4) is 17.1 Å². The molecule has 1 unspecified atom stereocenters. The van der Waals surface area contributed by atoms with E-state index >= 15 is 0 Å². The topological polar surface area (TPSA) is 80.8 Å². The molecule has 9 heteroatoms. The average molecular weight is 437 g/mol. The fourth-order valence-electron chi connectivity index (χ4n) is 3.03. The van der Waals surface area contributed by atoms with Gasteiger partial charge in [-0.2, -0.15) is 4.52 Å². The Balaban J connectivity index is 1.44. The van der Waals surface area contributed by atoms with Gasteiger partial charge in [0.05, 0.1) is 10.7 Å². The number of nitrogens with zero attached hydrogens (tertiary/aromatic N) is 4. The van der Waals surface area contributed by atoms with Gasteiger partial charge in [-0.15, -0.1) is 10.2 Å². The van der Waals surface area contributed by atoms with Crippen molar-refractivity contribution in [1.29, 1.82) is 0 Å². The van der Waals surface area contributed by atoms with Crippen molar-refractivity contribution in [2.24, 2.45) is 0 Å². The monoisotopic (exact) mass is 436 g/mol. The molecule has 1 atom stereocenters. The first kappa shape index (κ1) is 20.7. The van der Waals surface area contributed by atoms with Gasteiger partial charge in [0.25, 0.3) is 5.82 Å². The zero-order chi connectivity index (χ0) is 21.8. The van der Waals surface area contributed by atoms with Crippen LogP contribution in [0, 0.1) is 13.5 Å². The third-order valence-electron chi connectivity index (χ3n) is 4.68. The molecule has 2 aromatic heterocycles. The van der Waals surface area contributed by atoms with Crippen molar-refractivity contribution in [3.05, 3.63) is 70.5 Å². The van der Waals surface area contributed by atoms with Crippen molar-refractivity contribution in [1.82, 2.24) is 19.8 Å². The molecule has 0 aliphatic carbocycles. The van der Waals surface area contributed by atoms with E-state index in [1.54, 1.807) is 16.6 Å². The predicted octanol–water partition coefficient (Wildman–Crippen LogP) is 5.44. The summed E-state index contributed by atoms with van der Waals surface area (Å²) >= 11 is 6.36. The van der Waals surface area contributed by atoms with Crippen LogP contribution in [-0.2, 0) is 4.74 Å². The average Bonchev–Trinajstić information content (AvgIpc) is 3.36. The van der Waals surface area contributed by atoms with Crippen LogP contribution in [0.1, 0.15) is 18.9 Å². The second kappa shape index (κ2) is 9.08. The molecule has 2 N–H and O–H groups in total. The predicted molar refractivity (Wildman–Crippen MR) is 120 cm³/mol. The first-order valence-corrected chi connectivity index (χ1v) is 10.2. The molecule has 2 aromatic carbocycles. The summed E-state index contributed by atoms with van der Waals surface area (Å²) < 4.78 is 13.4. The van der Waals surface area contributed by atoms with Crippen molar-refractivity contribution in [2.75, 3.05) is 12.0 Å². The maximum Gasteiger partial charge on any atom is 0.250 e. The van der Waals surface area contributed by atoms with Crippen LogP contribution in [0.3, 0.4) is 0 Å². The van der Waals surface area contributed by atoms with Gasteiger partial charge in [0, 0.05) is 18.1 Å². The maximum atomic E-state index is 7.14. The third kappa shape index (κ3) is 4.63. The Kier molecular flexibility index (Phi) is 6.07. The molecule has 0 saturated carbocycles. The van der Waals surface area contributed by atoms with Gasteiger partial charge in [0.1, 0.15) is 12.5 Å². The van der Waals surface area contributed by atoms with Crippen molar-refractivity contribution in [2.45, 2.75) is 26.6 Å². The fraction of sp³-hybridized carbons (Fsp3) is 0.227. The van der Waals surface area contributed by atoms with E-state index in [2.05, 4.69) is 25.5 Å². The number of benzene rings is 2. The molecule has 0 fully saturated rings. The molecule has 4 rings (SSSR count). The van der Waals surface area contributed by atoms with E-state index in [0.29, 0.717) is 34.4 Å². The van der Waals surface area contributed by atoms with E-state index in [-0.39, 0.29) is 13.0 Å². The highest BCUT2D eigenvalue weighted by Gasteiger charge is 2.14. The number of fused-ring (bicyclic) bond motifs is 1. The first-order valence-electron chi connectivity index (χ1n) is 9.77. The lowest BCUT2D eigenvalue weighted by molar-refractivity contribution is -0.0746. The van der Waals surface area contributed by atoms with Gasteiger partial charge in [0.2, 0.25) is 12.1 Å². The number of aromatic amines is 1. The van der Waals surface area contributed by atoms with Crippen molar-refractivity contribution < 1.29 is 9.47 Å². The summed E-state index contributed by atoms with van der Waals surface area (Å²) in [5.41, 5.74) is 3.23. The molecular weight excluding hydrogens is 416 g/mol. The fourth-order valence-corrected chi connectivity index (χ4v) is 3.21. The lowest BCUT2D eigenvalue weighted by Crippen LogP contribution is -2.23. The van der Waals surface area contributed by atoms with Crippen LogP contribution in [-0.4, -0.2) is 32.8 Å². The Morgan fingerprint density at radius 3 is 2.74 bits per heavy atom. The van der Waals surface area contributed by atoms with Gasteiger partial charge < -0.3 is 19.6 Å². The zero-order valence-corrected chi connectivity index (χ0v) is 17.8. The van der Waals surface area contributed by atoms with Crippen LogP contribution in [0.15, 0.2) is 48.5 Å². The largest absolute Gasteiger partial charge is 0.465 e. The van der Waals surface area contributed by atoms with Crippen LogP contribution in [0.4, 0.5) is 11.5 Å². The summed E-state index contributed by atoms with van der Waals surface area (Å²) in [6.45, 7) is 11.4. The lowest BCUT2D eigenvalue weighted by Gasteiger charge is -2.19. The molecule has 8 nitrogen and oxygen atoms in total. The molecule has 0 aliphatic rings. The summed E-state index contributed by atoms with van der Waals surface area (Å²) in [7, 11) is 0. The highest BCUT2D eigenvalue weighted by Crippen LogP contribution is 2.29. The van der Waals surface area contributed by atoms with E-state index in [4.69, 9.17) is 27.6 Å². The number of nitrogens with one attached hydrogen (secondary N) is 2. The number of anilines is 1. The molecule has 4 aromatic rings. The van der Waals surface area contributed by atoms with Gasteiger partial charge in [-0.25, -0.2) is 5.10 Å². The SMILES string of the molecule is [C-]#[N+]c1cc2nnc(-c3ccc(Cl)c(NCOC(CC)Oc4ccc(C)cc4)c3)n2[nH]1. The number of rotatable bonds is 8. The zero-order valence-electron chi connectivity index (χ0n) is 17.1. The van der Waals surface area contributed by atoms with Crippen LogP contribution in [0.2, 0.25) is 5.02 Å². The molecule has 2 heterocycles. The molecule has 0 aliphatic heterocycles. The Labute approximate surface area is 184 Å². The third-order valence-corrected chi connectivity index (χ3v) is 5.01. The number of hydrogen-bond donors (Lipinski definition) is 2. The molecule has 158 valence electrons. The Morgan fingerprint density at radius 2 is 2.00 bits per heavy atom. The lowest BCUT2D eigenvalue weighted by atomic mass is 10.2. The van der Waals surface area contributed by atoms with Gasteiger partial charge in [-0.1, -0.05) is 42.8 Å². The summed E-state index contributed by atoms with van der Waals surface area (Å²) in [6.07, 6.45) is 0.302. The minimum Gasteiger partial charge on any atom is -0.465 e. The highest BCUT2D eigenvalue weighted by molar-refractivity contribution is 6.33. The van der Waals surface area contributed by atoms with Gasteiger partial charge >= 0.3 is 0 Å². The van der Waals surface area contributed by atoms with Crippen LogP contribution in [0.5, 0.6) is 5.75 Å². The first-order chi connectivity index (χ1) is 15.1. The van der Waals surface area contributed by atoms with Crippen LogP contribution >= 0.6 is 11.6 Å². The Bertz CT molecular complexity index is 1230. The number of ether oxygens (including phenoxy) is 2. The summed E-state index contributed by atoms with van der Waals surface area (Å²) in [5.74, 6) is 1.74. The molecule has 0 spiro atoms. The second-order valence-electron chi connectivity index (χ2n) is 6.92. The maximum absolute atomic E-state index is 7.14. The Morgan fingerprint density at radius 1 is 1.19 bits per heavy atom. The van der Waals surface area contributed by atoms with E-state index < -0.39 is 0 Å². The van der Waals surface area contributed by atoms with E-state index in [9.17, 15) is 0 Å². The molecule has 0 saturated heterocycles. The minimum absolute atomic E-state index is 0.215. The standard InChI is InChI=1S/C22H21ClN6O2/c1-4-21(31-16-8-5-14(2)6-9-16)30-13-25-18-11-15(7-10-17(18)23)22-27-26-20-12-19(24-3)28-29(20)22/h5-12,21,25,28H,4,13H2,1-2H3. The molecular formula is C22H21ClN6O2. The summed E-state index contributed by atoms with van der Waals surface area (Å²) in [5, 5.41) is 15.0. The van der Waals surface area contributed by atoms with E-state index in [0.717, 1.165) is 11.3 Å². The van der Waals surface area contributed by atoms with Crippen LogP contribution < -0.4 is 10.1 Å². The summed E-state index contributed by atoms with van der Waals surface area (Å²) in [6, 6.07) is 15.0. The number of aryl methyl sites for hydroxylation is 1. The Hall–Kier alpha value is -3.54. The number of hydrogen-bond acceptors (Lipinski definition) is 5. The quantitative estimate of drug-likeness (QED) is 0.284. The molecule has 0 bridgehead atoms. The van der Waals surface area contributed by atoms with Gasteiger partial charge in [-0.05, 0) is 37.3 Å². The van der Waals surface area contributed by atoms with E-state index in [1.165, 1.54) is 5.56 Å². The van der Waals surface area contributed by atoms with Crippen molar-refractivity contribution in [3.63, 3.8) is 0 Å². The van der Waals surface area contributed by atoms with Gasteiger partial charge in [0.15, 0.2) is 5.65 Å². The summed E-state index contributed by atoms with van der Waals surface area (Å²) in [4.78, 5) is 3.39. The molecule has 31 heavy (non-hydrogen) atoms. The highest BCUT2D eigenvalue weighted by atomic mass is 35.5. The van der Waals surface area contributed by atoms with Crippen LogP contribution in [0.25, 0.3) is 21.9 Å². The van der Waals surface area contributed by atoms with Gasteiger partial charge in [-0.3, -0.25) is 0 Å². The van der Waals surface area contributed by atoms with Crippen molar-refractivity contribution >= 4 is 28.8 Å². The second-order valence-corrected chi connectivity index (χ2v) is 7.33. The molecule has 0 amide bonds. The minimum atomic E-state index is -0.390. The molecule has 0 radical (unpaired) electrons.